The Labute approximate surface area is 120 Å². The van der Waals surface area contributed by atoms with Crippen molar-refractivity contribution in [2.75, 3.05) is 44.6 Å². The van der Waals surface area contributed by atoms with E-state index in [9.17, 15) is 0 Å². The lowest BCUT2D eigenvalue weighted by Crippen LogP contribution is -2.51. The van der Waals surface area contributed by atoms with E-state index in [-0.39, 0.29) is 0 Å². The molecule has 0 aromatic heterocycles. The van der Waals surface area contributed by atoms with Crippen LogP contribution in [0.3, 0.4) is 0 Å². The van der Waals surface area contributed by atoms with Crippen LogP contribution in [0.2, 0.25) is 5.02 Å². The number of piperazine rings is 1. The molecule has 2 saturated heterocycles. The molecule has 1 N–H and O–H groups in total. The van der Waals surface area contributed by atoms with Gasteiger partial charge in [-0.25, -0.2) is 0 Å². The van der Waals surface area contributed by atoms with Crippen LogP contribution >= 0.6 is 11.6 Å². The van der Waals surface area contributed by atoms with Crippen LogP contribution in [0.15, 0.2) is 24.3 Å². The maximum atomic E-state index is 6.14. The van der Waals surface area contributed by atoms with E-state index in [1.807, 2.05) is 24.3 Å². The van der Waals surface area contributed by atoms with Crippen LogP contribution < -0.4 is 5.32 Å². The fourth-order valence-electron chi connectivity index (χ4n) is 3.21. The molecule has 0 radical (unpaired) electrons. The van der Waals surface area contributed by atoms with Crippen molar-refractivity contribution in [3.8, 4) is 0 Å². The number of nitrogens with one attached hydrogen (secondary N) is 1. The summed E-state index contributed by atoms with van der Waals surface area (Å²) < 4.78 is 0. The maximum absolute atomic E-state index is 6.14. The normalized spacial score (nSPS) is 24.4. The molecule has 0 aliphatic carbocycles. The first-order valence-electron chi connectivity index (χ1n) is 7.28. The molecule has 0 spiro atoms. The molecule has 0 amide bonds. The molecule has 1 aromatic carbocycles. The van der Waals surface area contributed by atoms with Crippen molar-refractivity contribution in [1.82, 2.24) is 9.80 Å². The number of fused-ring (bicyclic) bond motifs is 1. The first-order chi connectivity index (χ1) is 9.33. The van der Waals surface area contributed by atoms with Gasteiger partial charge in [-0.1, -0.05) is 23.7 Å². The summed E-state index contributed by atoms with van der Waals surface area (Å²) in [6, 6.07) is 8.77. The largest absolute Gasteiger partial charge is 0.383 e. The van der Waals surface area contributed by atoms with Crippen molar-refractivity contribution in [2.45, 2.75) is 18.9 Å². The zero-order valence-electron chi connectivity index (χ0n) is 11.3. The van der Waals surface area contributed by atoms with Gasteiger partial charge in [0.05, 0.1) is 10.7 Å². The van der Waals surface area contributed by atoms with E-state index < -0.39 is 0 Å². The highest BCUT2D eigenvalue weighted by Gasteiger charge is 2.29. The molecule has 3 rings (SSSR count). The van der Waals surface area contributed by atoms with Crippen LogP contribution in [0.5, 0.6) is 0 Å². The molecule has 2 fully saturated rings. The van der Waals surface area contributed by atoms with Crippen LogP contribution in [0.4, 0.5) is 5.69 Å². The van der Waals surface area contributed by atoms with Crippen molar-refractivity contribution in [3.63, 3.8) is 0 Å². The van der Waals surface area contributed by atoms with E-state index in [1.54, 1.807) is 0 Å². The zero-order chi connectivity index (χ0) is 13.1. The summed E-state index contributed by atoms with van der Waals surface area (Å²) in [5.74, 6) is 0. The Kier molecular flexibility index (Phi) is 4.26. The van der Waals surface area contributed by atoms with E-state index in [0.717, 1.165) is 29.8 Å². The molecule has 3 nitrogen and oxygen atoms in total. The number of halogens is 1. The second-order valence-electron chi connectivity index (χ2n) is 5.54. The highest BCUT2D eigenvalue weighted by molar-refractivity contribution is 6.33. The average molecular weight is 280 g/mol. The molecule has 0 bridgehead atoms. The first-order valence-corrected chi connectivity index (χ1v) is 7.65. The topological polar surface area (TPSA) is 18.5 Å². The van der Waals surface area contributed by atoms with Gasteiger partial charge in [0.25, 0.3) is 0 Å². The van der Waals surface area contributed by atoms with Gasteiger partial charge in [0.15, 0.2) is 0 Å². The van der Waals surface area contributed by atoms with E-state index in [2.05, 4.69) is 15.1 Å². The highest BCUT2D eigenvalue weighted by Crippen LogP contribution is 2.22. The summed E-state index contributed by atoms with van der Waals surface area (Å²) in [7, 11) is 0. The number of anilines is 1. The predicted molar refractivity (Wildman–Crippen MR) is 81.0 cm³/mol. The molecular weight excluding hydrogens is 258 g/mol. The Balaban J connectivity index is 1.44. The lowest BCUT2D eigenvalue weighted by atomic mass is 10.1. The van der Waals surface area contributed by atoms with E-state index in [4.69, 9.17) is 11.6 Å². The minimum Gasteiger partial charge on any atom is -0.383 e. The minimum atomic E-state index is 0.808. The Hall–Kier alpha value is -0.770. The van der Waals surface area contributed by atoms with Crippen LogP contribution in [0, 0.1) is 0 Å². The summed E-state index contributed by atoms with van der Waals surface area (Å²) in [5.41, 5.74) is 1.05. The zero-order valence-corrected chi connectivity index (χ0v) is 12.1. The molecule has 1 atom stereocenters. The van der Waals surface area contributed by atoms with Crippen molar-refractivity contribution >= 4 is 17.3 Å². The van der Waals surface area contributed by atoms with Gasteiger partial charge in [-0.2, -0.15) is 0 Å². The second kappa shape index (κ2) is 6.12. The highest BCUT2D eigenvalue weighted by atomic mass is 35.5. The van der Waals surface area contributed by atoms with Gasteiger partial charge in [-0.05, 0) is 31.5 Å². The van der Waals surface area contributed by atoms with Gasteiger partial charge in [0.2, 0.25) is 0 Å². The second-order valence-corrected chi connectivity index (χ2v) is 5.95. The van der Waals surface area contributed by atoms with Crippen LogP contribution in [-0.4, -0.2) is 55.1 Å². The van der Waals surface area contributed by atoms with Crippen molar-refractivity contribution in [3.05, 3.63) is 29.3 Å². The lowest BCUT2D eigenvalue weighted by Gasteiger charge is -2.37. The van der Waals surface area contributed by atoms with Crippen LogP contribution in [0.25, 0.3) is 0 Å². The molecule has 104 valence electrons. The third kappa shape index (κ3) is 3.22. The molecule has 2 aliphatic heterocycles. The Bertz CT molecular complexity index is 424. The van der Waals surface area contributed by atoms with E-state index in [0.29, 0.717) is 0 Å². The summed E-state index contributed by atoms with van der Waals surface area (Å²) in [4.78, 5) is 5.23. The molecule has 4 heteroatoms. The van der Waals surface area contributed by atoms with Gasteiger partial charge >= 0.3 is 0 Å². The van der Waals surface area contributed by atoms with Gasteiger partial charge in [-0.3, -0.25) is 9.80 Å². The Morgan fingerprint density at radius 1 is 1.21 bits per heavy atom. The van der Waals surface area contributed by atoms with Crippen molar-refractivity contribution in [1.29, 1.82) is 0 Å². The monoisotopic (exact) mass is 279 g/mol. The van der Waals surface area contributed by atoms with Gasteiger partial charge in [0, 0.05) is 38.8 Å². The third-order valence-corrected chi connectivity index (χ3v) is 4.62. The SMILES string of the molecule is Clc1ccccc1NCCN1CCN2CCCC2C1. The molecule has 1 aromatic rings. The van der Waals surface area contributed by atoms with Crippen molar-refractivity contribution < 1.29 is 0 Å². The summed E-state index contributed by atoms with van der Waals surface area (Å²) >= 11 is 6.14. The molecule has 1 unspecified atom stereocenters. The molecule has 0 saturated carbocycles. The smallest absolute Gasteiger partial charge is 0.0637 e. The van der Waals surface area contributed by atoms with E-state index >= 15 is 0 Å². The average Bonchev–Trinajstić information content (AvgIpc) is 2.88. The minimum absolute atomic E-state index is 0.808. The number of para-hydroxylation sites is 1. The quantitative estimate of drug-likeness (QED) is 0.914. The van der Waals surface area contributed by atoms with Crippen LogP contribution in [0.1, 0.15) is 12.8 Å². The fourth-order valence-corrected chi connectivity index (χ4v) is 3.41. The molecule has 19 heavy (non-hydrogen) atoms. The number of rotatable bonds is 4. The summed E-state index contributed by atoms with van der Waals surface area (Å²) in [5, 5.41) is 4.24. The maximum Gasteiger partial charge on any atom is 0.0637 e. The Morgan fingerprint density at radius 2 is 2.11 bits per heavy atom. The fraction of sp³-hybridized carbons (Fsp3) is 0.600. The molecular formula is C15H22ClN3. The van der Waals surface area contributed by atoms with Gasteiger partial charge < -0.3 is 5.32 Å². The van der Waals surface area contributed by atoms with Gasteiger partial charge in [-0.15, -0.1) is 0 Å². The summed E-state index contributed by atoms with van der Waals surface area (Å²) in [6.45, 7) is 7.09. The predicted octanol–water partition coefficient (Wildman–Crippen LogP) is 2.53. The van der Waals surface area contributed by atoms with Crippen LogP contribution in [-0.2, 0) is 0 Å². The lowest BCUT2D eigenvalue weighted by molar-refractivity contribution is 0.108. The Morgan fingerprint density at radius 3 is 3.00 bits per heavy atom. The summed E-state index contributed by atoms with van der Waals surface area (Å²) in [6.07, 6.45) is 2.77. The van der Waals surface area contributed by atoms with Crippen molar-refractivity contribution in [2.24, 2.45) is 0 Å². The third-order valence-electron chi connectivity index (χ3n) is 4.29. The molecule has 2 aliphatic rings. The van der Waals surface area contributed by atoms with E-state index in [1.165, 1.54) is 39.0 Å². The first kappa shape index (κ1) is 13.2. The number of benzene rings is 1. The van der Waals surface area contributed by atoms with Gasteiger partial charge in [0.1, 0.15) is 0 Å². The molecule has 2 heterocycles. The standard InChI is InChI=1S/C15H22ClN3/c16-14-5-1-2-6-15(14)17-7-9-18-10-11-19-8-3-4-13(19)12-18/h1-2,5-6,13,17H,3-4,7-12H2. The number of nitrogens with zero attached hydrogens (tertiary/aromatic N) is 2. The number of hydrogen-bond donors (Lipinski definition) is 1. The number of hydrogen-bond acceptors (Lipinski definition) is 3.